The van der Waals surface area contributed by atoms with Crippen LogP contribution >= 0.6 is 11.3 Å². The second kappa shape index (κ2) is 6.33. The van der Waals surface area contributed by atoms with Gasteiger partial charge in [0.05, 0.1) is 6.42 Å². The lowest BCUT2D eigenvalue weighted by molar-refractivity contribution is -0.136. The van der Waals surface area contributed by atoms with Crippen molar-refractivity contribution >= 4 is 27.3 Å². The number of hydrogen-bond donors (Lipinski definition) is 2. The molecule has 0 aliphatic heterocycles. The molecular formula is C11H13N3O5S2. The third kappa shape index (κ3) is 4.34. The number of thiophene rings is 1. The molecule has 0 bridgehead atoms. The Bertz CT molecular complexity index is 735. The minimum atomic E-state index is -3.65. The maximum absolute atomic E-state index is 12.0. The molecule has 0 saturated carbocycles. The van der Waals surface area contributed by atoms with Crippen LogP contribution < -0.4 is 4.72 Å². The zero-order valence-electron chi connectivity index (χ0n) is 11.1. The second-order valence-electron chi connectivity index (χ2n) is 4.17. The van der Waals surface area contributed by atoms with Gasteiger partial charge in [-0.3, -0.25) is 4.79 Å². The molecule has 0 saturated heterocycles. The van der Waals surface area contributed by atoms with E-state index in [0.717, 1.165) is 11.3 Å². The van der Waals surface area contributed by atoms with Crippen molar-refractivity contribution in [3.63, 3.8) is 0 Å². The Labute approximate surface area is 124 Å². The molecule has 0 fully saturated rings. The Hall–Kier alpha value is -1.78. The lowest BCUT2D eigenvalue weighted by Crippen LogP contribution is -2.25. The van der Waals surface area contributed by atoms with Gasteiger partial charge >= 0.3 is 5.97 Å². The normalized spacial score (nSPS) is 11.7. The molecule has 0 amide bonds. The van der Waals surface area contributed by atoms with Crippen LogP contribution in [0.4, 0.5) is 0 Å². The Morgan fingerprint density at radius 1 is 1.48 bits per heavy atom. The zero-order valence-corrected chi connectivity index (χ0v) is 12.7. The van der Waals surface area contributed by atoms with Crippen LogP contribution in [0.15, 0.2) is 20.9 Å². The van der Waals surface area contributed by atoms with Crippen molar-refractivity contribution in [3.05, 3.63) is 28.7 Å². The maximum Gasteiger partial charge on any atom is 0.308 e. The van der Waals surface area contributed by atoms with Crippen LogP contribution in [0, 0.1) is 6.92 Å². The summed E-state index contributed by atoms with van der Waals surface area (Å²) < 4.78 is 31.4. The Morgan fingerprint density at radius 2 is 2.24 bits per heavy atom. The Morgan fingerprint density at radius 3 is 2.86 bits per heavy atom. The number of carboxylic acid groups (broad SMARTS) is 1. The van der Waals surface area contributed by atoms with Gasteiger partial charge in [0.25, 0.3) is 0 Å². The molecule has 0 aromatic carbocycles. The van der Waals surface area contributed by atoms with Crippen LogP contribution in [0.1, 0.15) is 16.6 Å². The number of carboxylic acids is 1. The highest BCUT2D eigenvalue weighted by Crippen LogP contribution is 2.21. The molecule has 2 aromatic heterocycles. The van der Waals surface area contributed by atoms with Gasteiger partial charge in [0.2, 0.25) is 15.9 Å². The van der Waals surface area contributed by atoms with Crippen LogP contribution in [-0.2, 0) is 27.7 Å². The van der Waals surface area contributed by atoms with E-state index in [-0.39, 0.29) is 23.6 Å². The van der Waals surface area contributed by atoms with E-state index < -0.39 is 16.0 Å². The molecule has 0 aliphatic carbocycles. The second-order valence-corrected chi connectivity index (χ2v) is 7.34. The molecule has 0 spiro atoms. The van der Waals surface area contributed by atoms with Crippen molar-refractivity contribution in [2.24, 2.45) is 0 Å². The van der Waals surface area contributed by atoms with Crippen molar-refractivity contribution in [1.29, 1.82) is 0 Å². The van der Waals surface area contributed by atoms with Crippen LogP contribution in [0.25, 0.3) is 0 Å². The molecule has 2 rings (SSSR count). The first-order valence-electron chi connectivity index (χ1n) is 5.96. The molecule has 114 valence electrons. The third-order valence-electron chi connectivity index (χ3n) is 2.43. The predicted molar refractivity (Wildman–Crippen MR) is 73.6 cm³/mol. The third-order valence-corrected chi connectivity index (χ3v) is 5.47. The molecule has 21 heavy (non-hydrogen) atoms. The van der Waals surface area contributed by atoms with Crippen molar-refractivity contribution < 1.29 is 22.8 Å². The fourth-order valence-electron chi connectivity index (χ4n) is 1.55. The summed E-state index contributed by atoms with van der Waals surface area (Å²) in [4.78, 5) is 15.0. The molecule has 2 heterocycles. The minimum Gasteiger partial charge on any atom is -0.481 e. The van der Waals surface area contributed by atoms with Gasteiger partial charge < -0.3 is 9.63 Å². The van der Waals surface area contributed by atoms with Gasteiger partial charge in [-0.1, -0.05) is 5.16 Å². The van der Waals surface area contributed by atoms with Gasteiger partial charge in [-0.2, -0.15) is 4.98 Å². The van der Waals surface area contributed by atoms with E-state index in [9.17, 15) is 13.2 Å². The zero-order chi connectivity index (χ0) is 15.5. The number of aromatic nitrogens is 2. The number of nitrogens with one attached hydrogen (secondary N) is 1. The summed E-state index contributed by atoms with van der Waals surface area (Å²) in [5.74, 6) is -0.155. The van der Waals surface area contributed by atoms with E-state index in [4.69, 9.17) is 9.63 Å². The number of rotatable bonds is 7. The summed E-state index contributed by atoms with van der Waals surface area (Å²) in [6.45, 7) is 1.79. The average Bonchev–Trinajstić information content (AvgIpc) is 2.98. The van der Waals surface area contributed by atoms with Gasteiger partial charge in [0.15, 0.2) is 5.82 Å². The summed E-state index contributed by atoms with van der Waals surface area (Å²) >= 11 is 0.936. The monoisotopic (exact) mass is 331 g/mol. The maximum atomic E-state index is 12.0. The number of nitrogens with zero attached hydrogens (tertiary/aromatic N) is 2. The SMILES string of the molecule is Cc1noc(CCNS(=O)(=O)c2ccc(CC(=O)O)s2)n1. The highest BCUT2D eigenvalue weighted by molar-refractivity contribution is 7.91. The average molecular weight is 331 g/mol. The Kier molecular flexibility index (Phi) is 4.70. The minimum absolute atomic E-state index is 0.0838. The summed E-state index contributed by atoms with van der Waals surface area (Å²) in [7, 11) is -3.65. The first-order chi connectivity index (χ1) is 9.87. The number of aliphatic carboxylic acids is 1. The van der Waals surface area contributed by atoms with Crippen LogP contribution in [0.2, 0.25) is 0 Å². The summed E-state index contributed by atoms with van der Waals surface area (Å²) in [6, 6.07) is 2.89. The smallest absolute Gasteiger partial charge is 0.308 e. The van der Waals surface area contributed by atoms with E-state index in [1.165, 1.54) is 12.1 Å². The molecule has 0 atom stereocenters. The highest BCUT2D eigenvalue weighted by atomic mass is 32.2. The predicted octanol–water partition coefficient (Wildman–Crippen LogP) is 0.588. The molecule has 0 radical (unpaired) electrons. The molecule has 8 nitrogen and oxygen atoms in total. The lowest BCUT2D eigenvalue weighted by Gasteiger charge is -2.02. The largest absolute Gasteiger partial charge is 0.481 e. The molecule has 10 heteroatoms. The summed E-state index contributed by atoms with van der Waals surface area (Å²) in [6.07, 6.45) is 0.0921. The van der Waals surface area contributed by atoms with E-state index in [2.05, 4.69) is 14.9 Å². The van der Waals surface area contributed by atoms with Crippen molar-refractivity contribution in [1.82, 2.24) is 14.9 Å². The topological polar surface area (TPSA) is 122 Å². The molecule has 2 aromatic rings. The first kappa shape index (κ1) is 15.6. The first-order valence-corrected chi connectivity index (χ1v) is 8.26. The van der Waals surface area contributed by atoms with Gasteiger partial charge in [-0.05, 0) is 19.1 Å². The summed E-state index contributed by atoms with van der Waals surface area (Å²) in [5, 5.41) is 12.3. The van der Waals surface area contributed by atoms with Crippen LogP contribution in [0.5, 0.6) is 0 Å². The number of carbonyl (C=O) groups is 1. The van der Waals surface area contributed by atoms with Crippen molar-refractivity contribution in [3.8, 4) is 0 Å². The van der Waals surface area contributed by atoms with Crippen molar-refractivity contribution in [2.75, 3.05) is 6.54 Å². The van der Waals surface area contributed by atoms with Crippen molar-refractivity contribution in [2.45, 2.75) is 24.0 Å². The number of aryl methyl sites for hydroxylation is 1. The van der Waals surface area contributed by atoms with E-state index in [0.29, 0.717) is 16.6 Å². The van der Waals surface area contributed by atoms with E-state index >= 15 is 0 Å². The quantitative estimate of drug-likeness (QED) is 0.761. The van der Waals surface area contributed by atoms with Crippen LogP contribution in [-0.4, -0.2) is 36.2 Å². The van der Waals surface area contributed by atoms with Gasteiger partial charge in [-0.25, -0.2) is 13.1 Å². The molecular weight excluding hydrogens is 318 g/mol. The lowest BCUT2D eigenvalue weighted by atomic mass is 10.3. The number of hydrogen-bond acceptors (Lipinski definition) is 7. The summed E-state index contributed by atoms with van der Waals surface area (Å²) in [5.41, 5.74) is 0. The van der Waals surface area contributed by atoms with E-state index in [1.54, 1.807) is 6.92 Å². The fraction of sp³-hybridized carbons (Fsp3) is 0.364. The highest BCUT2D eigenvalue weighted by Gasteiger charge is 2.17. The fourth-order valence-corrected chi connectivity index (χ4v) is 3.97. The molecule has 2 N–H and O–H groups in total. The van der Waals surface area contributed by atoms with Gasteiger partial charge in [-0.15, -0.1) is 11.3 Å². The Balaban J connectivity index is 1.94. The standard InChI is InChI=1S/C11H13N3O5S2/c1-7-13-9(19-14-7)4-5-12-21(17,18)11-3-2-8(20-11)6-10(15)16/h2-3,12H,4-6H2,1H3,(H,15,16). The number of sulfonamides is 1. The molecule has 0 aliphatic rings. The van der Waals surface area contributed by atoms with Gasteiger partial charge in [0, 0.05) is 17.8 Å². The van der Waals surface area contributed by atoms with Crippen LogP contribution in [0.3, 0.4) is 0 Å². The molecule has 0 unspecified atom stereocenters. The van der Waals surface area contributed by atoms with E-state index in [1.807, 2.05) is 0 Å². The van der Waals surface area contributed by atoms with Gasteiger partial charge in [0.1, 0.15) is 4.21 Å².